The Morgan fingerprint density at radius 1 is 0.659 bits per heavy atom. The molecule has 2 saturated heterocycles. The molecule has 2 aliphatic rings. The molecular formula is C33H43Cl2N3O3. The molecule has 2 fully saturated rings. The lowest BCUT2D eigenvalue weighted by Crippen LogP contribution is -2.35. The number of ether oxygens (including phenoxy) is 2. The second-order valence-corrected chi connectivity index (χ2v) is 10.6. The maximum absolute atomic E-state index is 13.7. The molecule has 0 bridgehead atoms. The number of benzene rings is 3. The van der Waals surface area contributed by atoms with Crippen LogP contribution < -0.4 is 25.0 Å². The summed E-state index contributed by atoms with van der Waals surface area (Å²) in [5.41, 5.74) is 2.22. The van der Waals surface area contributed by atoms with Crippen LogP contribution in [0.1, 0.15) is 61.7 Å². The van der Waals surface area contributed by atoms with Crippen LogP contribution in [-0.4, -0.2) is 44.3 Å². The first kappa shape index (κ1) is 32.7. The molecule has 0 aromatic heterocycles. The lowest BCUT2D eigenvalue weighted by Gasteiger charge is -2.25. The smallest absolute Gasteiger partial charge is 0.262 e. The van der Waals surface area contributed by atoms with Gasteiger partial charge in [-0.1, -0.05) is 31.0 Å². The summed E-state index contributed by atoms with van der Waals surface area (Å²) in [4.78, 5) is 15.4. The van der Waals surface area contributed by atoms with Crippen LogP contribution in [0.4, 0.5) is 11.4 Å². The number of rotatable bonds is 11. The van der Waals surface area contributed by atoms with Gasteiger partial charge >= 0.3 is 0 Å². The Labute approximate surface area is 257 Å². The Bertz CT molecular complexity index is 1080. The van der Waals surface area contributed by atoms with Crippen LogP contribution >= 0.6 is 24.8 Å². The van der Waals surface area contributed by atoms with Crippen molar-refractivity contribution in [1.82, 2.24) is 10.6 Å². The van der Waals surface area contributed by atoms with E-state index >= 15 is 0 Å². The van der Waals surface area contributed by atoms with Gasteiger partial charge in [-0.3, -0.25) is 9.69 Å². The molecule has 2 unspecified atom stereocenters. The summed E-state index contributed by atoms with van der Waals surface area (Å²) in [6.45, 7) is 3.58. The topological polar surface area (TPSA) is 62.8 Å². The summed E-state index contributed by atoms with van der Waals surface area (Å²) in [6.07, 6.45) is 9.58. The Morgan fingerprint density at radius 3 is 1.54 bits per heavy atom. The lowest BCUT2D eigenvalue weighted by atomic mass is 10.0. The van der Waals surface area contributed by atoms with E-state index < -0.39 is 0 Å². The minimum atomic E-state index is -0.0790. The van der Waals surface area contributed by atoms with Crippen LogP contribution in [0.15, 0.2) is 78.9 Å². The Balaban J connectivity index is 0.00000231. The highest BCUT2D eigenvalue weighted by molar-refractivity contribution is 6.10. The van der Waals surface area contributed by atoms with Crippen LogP contribution in [0, 0.1) is 0 Å². The molecule has 3 aromatic carbocycles. The fourth-order valence-electron chi connectivity index (χ4n) is 5.46. The van der Waals surface area contributed by atoms with E-state index in [9.17, 15) is 4.79 Å². The zero-order chi connectivity index (χ0) is 26.7. The molecule has 2 N–H and O–H groups in total. The van der Waals surface area contributed by atoms with Crippen LogP contribution in [0.25, 0.3) is 0 Å². The van der Waals surface area contributed by atoms with E-state index in [1.54, 1.807) is 4.90 Å². The SMILES string of the molecule is Cl.Cl.O=C(c1ccccc1)N(c1ccc(OCCC2CCCCN2)cc1)c1ccc(OCCC2CCCCN2)cc1. The van der Waals surface area contributed by atoms with Gasteiger partial charge < -0.3 is 20.1 Å². The van der Waals surface area contributed by atoms with E-state index in [2.05, 4.69) is 10.6 Å². The maximum atomic E-state index is 13.7. The monoisotopic (exact) mass is 599 g/mol. The highest BCUT2D eigenvalue weighted by Crippen LogP contribution is 2.31. The van der Waals surface area contributed by atoms with Gasteiger partial charge in [-0.2, -0.15) is 0 Å². The molecule has 0 radical (unpaired) electrons. The summed E-state index contributed by atoms with van der Waals surface area (Å²) in [7, 11) is 0. The zero-order valence-corrected chi connectivity index (χ0v) is 25.3. The summed E-state index contributed by atoms with van der Waals surface area (Å²) >= 11 is 0. The molecule has 0 aliphatic carbocycles. The fourth-order valence-corrected chi connectivity index (χ4v) is 5.46. The van der Waals surface area contributed by atoms with Gasteiger partial charge in [0.2, 0.25) is 0 Å². The average Bonchev–Trinajstić information content (AvgIpc) is 3.00. The summed E-state index contributed by atoms with van der Waals surface area (Å²) in [5.74, 6) is 1.56. The molecule has 2 heterocycles. The number of anilines is 2. The quantitative estimate of drug-likeness (QED) is 0.241. The molecule has 0 saturated carbocycles. The van der Waals surface area contributed by atoms with Crippen LogP contribution in [-0.2, 0) is 0 Å². The largest absolute Gasteiger partial charge is 0.494 e. The molecule has 41 heavy (non-hydrogen) atoms. The normalized spacial score (nSPS) is 18.3. The summed E-state index contributed by atoms with van der Waals surface area (Å²) in [6, 6.07) is 26.1. The molecule has 222 valence electrons. The number of carbonyl (C=O) groups excluding carboxylic acids is 1. The van der Waals surface area contributed by atoms with Crippen molar-refractivity contribution in [1.29, 1.82) is 0 Å². The minimum Gasteiger partial charge on any atom is -0.494 e. The third-order valence-corrected chi connectivity index (χ3v) is 7.71. The minimum absolute atomic E-state index is 0. The third kappa shape index (κ3) is 9.64. The summed E-state index contributed by atoms with van der Waals surface area (Å²) < 4.78 is 12.1. The maximum Gasteiger partial charge on any atom is 0.262 e. The zero-order valence-electron chi connectivity index (χ0n) is 23.6. The van der Waals surface area contributed by atoms with Crippen molar-refractivity contribution in [2.45, 2.75) is 63.5 Å². The highest BCUT2D eigenvalue weighted by Gasteiger charge is 2.20. The molecule has 1 amide bonds. The molecule has 8 heteroatoms. The average molecular weight is 601 g/mol. The first-order valence-electron chi connectivity index (χ1n) is 14.6. The van der Waals surface area contributed by atoms with Gasteiger partial charge in [-0.25, -0.2) is 0 Å². The number of carbonyl (C=O) groups is 1. The van der Waals surface area contributed by atoms with Crippen molar-refractivity contribution in [2.75, 3.05) is 31.2 Å². The van der Waals surface area contributed by atoms with Gasteiger partial charge in [-0.05, 0) is 112 Å². The second kappa shape index (κ2) is 17.2. The van der Waals surface area contributed by atoms with Gasteiger partial charge in [0.1, 0.15) is 11.5 Å². The Hall–Kier alpha value is -2.77. The van der Waals surface area contributed by atoms with Crippen LogP contribution in [0.3, 0.4) is 0 Å². The number of hydrogen-bond acceptors (Lipinski definition) is 5. The summed E-state index contributed by atoms with van der Waals surface area (Å²) in [5, 5.41) is 7.14. The molecular weight excluding hydrogens is 557 g/mol. The van der Waals surface area contributed by atoms with Gasteiger partial charge in [-0.15, -0.1) is 24.8 Å². The van der Waals surface area contributed by atoms with E-state index in [1.165, 1.54) is 38.5 Å². The van der Waals surface area contributed by atoms with Crippen molar-refractivity contribution in [3.63, 3.8) is 0 Å². The van der Waals surface area contributed by atoms with Gasteiger partial charge in [0.25, 0.3) is 5.91 Å². The number of piperidine rings is 2. The van der Waals surface area contributed by atoms with E-state index in [0.29, 0.717) is 30.9 Å². The number of amides is 1. The number of nitrogens with zero attached hydrogens (tertiary/aromatic N) is 1. The first-order chi connectivity index (χ1) is 19.3. The third-order valence-electron chi connectivity index (χ3n) is 7.71. The number of hydrogen-bond donors (Lipinski definition) is 2. The Morgan fingerprint density at radius 2 is 1.12 bits per heavy atom. The highest BCUT2D eigenvalue weighted by atomic mass is 35.5. The van der Waals surface area contributed by atoms with Crippen molar-refractivity contribution in [3.8, 4) is 11.5 Å². The predicted molar refractivity (Wildman–Crippen MR) is 172 cm³/mol. The van der Waals surface area contributed by atoms with Crippen LogP contribution in [0.2, 0.25) is 0 Å². The Kier molecular flexibility index (Phi) is 13.8. The van der Waals surface area contributed by atoms with Crippen molar-refractivity contribution in [3.05, 3.63) is 84.4 Å². The van der Waals surface area contributed by atoms with Gasteiger partial charge in [0, 0.05) is 29.0 Å². The second-order valence-electron chi connectivity index (χ2n) is 10.6. The van der Waals surface area contributed by atoms with E-state index in [0.717, 1.165) is 48.8 Å². The van der Waals surface area contributed by atoms with E-state index in [1.807, 2.05) is 78.9 Å². The number of nitrogens with one attached hydrogen (secondary N) is 2. The van der Waals surface area contributed by atoms with Gasteiger partial charge in [0.15, 0.2) is 0 Å². The first-order valence-corrected chi connectivity index (χ1v) is 14.6. The molecule has 5 rings (SSSR count). The standard InChI is InChI=1S/C33H41N3O3.2ClH/c37-33(26-8-2-1-3-9-26)36(29-12-16-31(17-13-29)38-24-20-27-10-4-6-22-34-27)30-14-18-32(19-15-30)39-25-21-28-11-5-7-23-35-28;;/h1-3,8-9,12-19,27-28,34-35H,4-7,10-11,20-25H2;2*1H. The lowest BCUT2D eigenvalue weighted by molar-refractivity contribution is 0.0999. The van der Waals surface area contributed by atoms with Gasteiger partial charge in [0.05, 0.1) is 13.2 Å². The van der Waals surface area contributed by atoms with Crippen LogP contribution in [0.5, 0.6) is 11.5 Å². The molecule has 2 atom stereocenters. The van der Waals surface area contributed by atoms with E-state index in [-0.39, 0.29) is 30.7 Å². The van der Waals surface area contributed by atoms with E-state index in [4.69, 9.17) is 9.47 Å². The predicted octanol–water partition coefficient (Wildman–Crippen LogP) is 7.33. The number of halogens is 2. The van der Waals surface area contributed by atoms with Crippen molar-refractivity contribution >= 4 is 42.1 Å². The molecule has 0 spiro atoms. The fraction of sp³-hybridized carbons (Fsp3) is 0.424. The van der Waals surface area contributed by atoms with Crippen molar-refractivity contribution in [2.24, 2.45) is 0 Å². The molecule has 2 aliphatic heterocycles. The molecule has 6 nitrogen and oxygen atoms in total. The molecule has 3 aromatic rings. The van der Waals surface area contributed by atoms with Crippen molar-refractivity contribution < 1.29 is 14.3 Å².